The van der Waals surface area contributed by atoms with Gasteiger partial charge in [0.1, 0.15) is 11.5 Å². The summed E-state index contributed by atoms with van der Waals surface area (Å²) in [4.78, 5) is 11.7. The number of benzene rings is 2. The number of aliphatic carboxylic acids is 1. The monoisotopic (exact) mass is 342 g/mol. The Hall–Kier alpha value is -2.49. The van der Waals surface area contributed by atoms with Crippen LogP contribution in [0.2, 0.25) is 0 Å². The summed E-state index contributed by atoms with van der Waals surface area (Å²) < 4.78 is 11.1. The van der Waals surface area contributed by atoms with Gasteiger partial charge < -0.3 is 14.6 Å². The maximum atomic E-state index is 11.7. The van der Waals surface area contributed by atoms with E-state index in [-0.39, 0.29) is 11.8 Å². The molecular formula is C21H26O4. The van der Waals surface area contributed by atoms with Crippen molar-refractivity contribution in [3.8, 4) is 11.5 Å². The van der Waals surface area contributed by atoms with Crippen LogP contribution in [0.15, 0.2) is 42.5 Å². The molecule has 0 saturated heterocycles. The fourth-order valence-corrected chi connectivity index (χ4v) is 2.64. The van der Waals surface area contributed by atoms with E-state index in [9.17, 15) is 9.90 Å². The second-order valence-electron chi connectivity index (χ2n) is 7.24. The molecular weight excluding hydrogens is 316 g/mol. The standard InChI is InChI=1S/C21H26O4/c1-14-6-11-18(24-5)15(12-14)13-19(20(22)23)25-17-9-7-16(8-10-17)21(2,3)4/h6-12,19H,13H2,1-5H3,(H,22,23)/t19-/m0/s1. The van der Waals surface area contributed by atoms with Crippen LogP contribution >= 0.6 is 0 Å². The van der Waals surface area contributed by atoms with E-state index >= 15 is 0 Å². The van der Waals surface area contributed by atoms with Crippen LogP contribution in [-0.4, -0.2) is 24.3 Å². The van der Waals surface area contributed by atoms with Crippen molar-refractivity contribution in [2.75, 3.05) is 7.11 Å². The Morgan fingerprint density at radius 1 is 1.12 bits per heavy atom. The van der Waals surface area contributed by atoms with E-state index in [1.54, 1.807) is 7.11 Å². The van der Waals surface area contributed by atoms with Gasteiger partial charge in [-0.15, -0.1) is 0 Å². The first-order valence-electron chi connectivity index (χ1n) is 8.34. The Morgan fingerprint density at radius 2 is 1.76 bits per heavy atom. The maximum Gasteiger partial charge on any atom is 0.345 e. The first-order chi connectivity index (χ1) is 11.7. The lowest BCUT2D eigenvalue weighted by Crippen LogP contribution is -2.29. The van der Waals surface area contributed by atoms with E-state index in [1.165, 1.54) is 5.56 Å². The van der Waals surface area contributed by atoms with Gasteiger partial charge in [0.15, 0.2) is 6.10 Å². The molecule has 4 nitrogen and oxygen atoms in total. The average Bonchev–Trinajstić information content (AvgIpc) is 2.54. The summed E-state index contributed by atoms with van der Waals surface area (Å²) in [7, 11) is 1.58. The summed E-state index contributed by atoms with van der Waals surface area (Å²) in [5.41, 5.74) is 3.09. The lowest BCUT2D eigenvalue weighted by Gasteiger charge is -2.20. The summed E-state index contributed by atoms with van der Waals surface area (Å²) in [6, 6.07) is 13.3. The Bertz CT molecular complexity index is 727. The third kappa shape index (κ3) is 4.99. The van der Waals surface area contributed by atoms with Gasteiger partial charge in [-0.25, -0.2) is 4.79 Å². The van der Waals surface area contributed by atoms with Crippen molar-refractivity contribution >= 4 is 5.97 Å². The molecule has 0 radical (unpaired) electrons. The van der Waals surface area contributed by atoms with E-state index in [0.29, 0.717) is 11.5 Å². The summed E-state index contributed by atoms with van der Waals surface area (Å²) in [6.45, 7) is 8.36. The number of carbonyl (C=O) groups is 1. The summed E-state index contributed by atoms with van der Waals surface area (Å²) in [6.07, 6.45) is -0.738. The van der Waals surface area contributed by atoms with Crippen LogP contribution in [0.3, 0.4) is 0 Å². The second-order valence-corrected chi connectivity index (χ2v) is 7.24. The van der Waals surface area contributed by atoms with Crippen molar-refractivity contribution < 1.29 is 19.4 Å². The zero-order chi connectivity index (χ0) is 18.6. The molecule has 0 bridgehead atoms. The van der Waals surface area contributed by atoms with Gasteiger partial charge in [0, 0.05) is 6.42 Å². The number of ether oxygens (including phenoxy) is 2. The molecule has 134 valence electrons. The molecule has 4 heteroatoms. The van der Waals surface area contributed by atoms with E-state index < -0.39 is 12.1 Å². The normalized spacial score (nSPS) is 12.5. The SMILES string of the molecule is COc1ccc(C)cc1C[C@H](Oc1ccc(C(C)(C)C)cc1)C(=O)O. The molecule has 0 aliphatic rings. The van der Waals surface area contributed by atoms with Gasteiger partial charge in [-0.3, -0.25) is 0 Å². The zero-order valence-electron chi connectivity index (χ0n) is 15.5. The van der Waals surface area contributed by atoms with Crippen LogP contribution in [-0.2, 0) is 16.6 Å². The van der Waals surface area contributed by atoms with Crippen molar-refractivity contribution in [3.05, 3.63) is 59.2 Å². The van der Waals surface area contributed by atoms with Crippen LogP contribution in [0.5, 0.6) is 11.5 Å². The molecule has 0 saturated carbocycles. The first-order valence-corrected chi connectivity index (χ1v) is 8.34. The highest BCUT2D eigenvalue weighted by Crippen LogP contribution is 2.26. The Morgan fingerprint density at radius 3 is 2.28 bits per heavy atom. The van der Waals surface area contributed by atoms with Gasteiger partial charge >= 0.3 is 5.97 Å². The van der Waals surface area contributed by atoms with Crippen molar-refractivity contribution in [3.63, 3.8) is 0 Å². The predicted octanol–water partition coefficient (Wildman–Crippen LogP) is 4.38. The topological polar surface area (TPSA) is 55.8 Å². The van der Waals surface area contributed by atoms with Crippen LogP contribution < -0.4 is 9.47 Å². The molecule has 2 rings (SSSR count). The molecule has 0 fully saturated rings. The molecule has 2 aromatic rings. The Labute approximate surface area is 149 Å². The van der Waals surface area contributed by atoms with E-state index in [0.717, 1.165) is 11.1 Å². The molecule has 0 amide bonds. The van der Waals surface area contributed by atoms with Gasteiger partial charge in [-0.1, -0.05) is 50.6 Å². The lowest BCUT2D eigenvalue weighted by molar-refractivity contribution is -0.145. The number of hydrogen-bond acceptors (Lipinski definition) is 3. The maximum absolute atomic E-state index is 11.7. The fourth-order valence-electron chi connectivity index (χ4n) is 2.64. The van der Waals surface area contributed by atoms with E-state index in [4.69, 9.17) is 9.47 Å². The summed E-state index contributed by atoms with van der Waals surface area (Å²) in [5.74, 6) is 0.221. The molecule has 0 aliphatic carbocycles. The molecule has 0 spiro atoms. The molecule has 2 aromatic carbocycles. The average molecular weight is 342 g/mol. The first kappa shape index (κ1) is 18.8. The molecule has 0 aliphatic heterocycles. The zero-order valence-corrected chi connectivity index (χ0v) is 15.5. The number of aryl methyl sites for hydroxylation is 1. The van der Waals surface area contributed by atoms with Gasteiger partial charge in [0.2, 0.25) is 0 Å². The highest BCUT2D eigenvalue weighted by molar-refractivity contribution is 5.73. The minimum atomic E-state index is -0.997. The van der Waals surface area contributed by atoms with Crippen LogP contribution in [0.25, 0.3) is 0 Å². The minimum absolute atomic E-state index is 0.0413. The van der Waals surface area contributed by atoms with Gasteiger partial charge in [-0.2, -0.15) is 0 Å². The Balaban J connectivity index is 2.19. The lowest BCUT2D eigenvalue weighted by atomic mass is 9.87. The second kappa shape index (κ2) is 7.60. The van der Waals surface area contributed by atoms with E-state index in [1.807, 2.05) is 49.4 Å². The van der Waals surface area contributed by atoms with Crippen LogP contribution in [0.4, 0.5) is 0 Å². The Kier molecular flexibility index (Phi) is 5.73. The number of carboxylic acids is 1. The fraction of sp³-hybridized carbons (Fsp3) is 0.381. The largest absolute Gasteiger partial charge is 0.496 e. The summed E-state index contributed by atoms with van der Waals surface area (Å²) in [5, 5.41) is 9.55. The highest BCUT2D eigenvalue weighted by atomic mass is 16.5. The summed E-state index contributed by atoms with van der Waals surface area (Å²) >= 11 is 0. The quantitative estimate of drug-likeness (QED) is 0.846. The smallest absolute Gasteiger partial charge is 0.345 e. The molecule has 25 heavy (non-hydrogen) atoms. The van der Waals surface area contributed by atoms with E-state index in [2.05, 4.69) is 20.8 Å². The van der Waals surface area contributed by atoms with Crippen molar-refractivity contribution in [1.82, 2.24) is 0 Å². The number of hydrogen-bond donors (Lipinski definition) is 1. The molecule has 0 unspecified atom stereocenters. The van der Waals surface area contributed by atoms with Crippen molar-refractivity contribution in [1.29, 1.82) is 0 Å². The number of rotatable bonds is 6. The number of carboxylic acid groups (broad SMARTS) is 1. The molecule has 0 heterocycles. The molecule has 1 atom stereocenters. The van der Waals surface area contributed by atoms with Crippen molar-refractivity contribution in [2.24, 2.45) is 0 Å². The van der Waals surface area contributed by atoms with Crippen LogP contribution in [0, 0.1) is 6.92 Å². The molecule has 1 N–H and O–H groups in total. The van der Waals surface area contributed by atoms with Gasteiger partial charge in [-0.05, 0) is 41.7 Å². The van der Waals surface area contributed by atoms with Crippen molar-refractivity contribution in [2.45, 2.75) is 45.6 Å². The molecule has 0 aromatic heterocycles. The third-order valence-electron chi connectivity index (χ3n) is 4.12. The van der Waals surface area contributed by atoms with Crippen LogP contribution in [0.1, 0.15) is 37.5 Å². The minimum Gasteiger partial charge on any atom is -0.496 e. The van der Waals surface area contributed by atoms with Gasteiger partial charge in [0.25, 0.3) is 0 Å². The third-order valence-corrected chi connectivity index (χ3v) is 4.12. The van der Waals surface area contributed by atoms with Gasteiger partial charge in [0.05, 0.1) is 7.11 Å². The predicted molar refractivity (Wildman–Crippen MR) is 98.6 cm³/mol. The highest BCUT2D eigenvalue weighted by Gasteiger charge is 2.22. The number of methoxy groups -OCH3 is 1.